The van der Waals surface area contributed by atoms with Crippen molar-refractivity contribution in [1.82, 2.24) is 9.47 Å². The summed E-state index contributed by atoms with van der Waals surface area (Å²) in [6.07, 6.45) is 5.41. The third kappa shape index (κ3) is 6.33. The van der Waals surface area contributed by atoms with Gasteiger partial charge in [0.15, 0.2) is 5.78 Å². The van der Waals surface area contributed by atoms with Crippen LogP contribution >= 0.6 is 0 Å². The van der Waals surface area contributed by atoms with Crippen molar-refractivity contribution in [2.45, 2.75) is 78.8 Å². The van der Waals surface area contributed by atoms with Crippen molar-refractivity contribution in [3.63, 3.8) is 0 Å². The van der Waals surface area contributed by atoms with Gasteiger partial charge in [-0.05, 0) is 50.5 Å². The summed E-state index contributed by atoms with van der Waals surface area (Å²) in [7, 11) is 3.02. The summed E-state index contributed by atoms with van der Waals surface area (Å²) >= 11 is 0. The van der Waals surface area contributed by atoms with Crippen LogP contribution in [0.2, 0.25) is 0 Å². The smallest absolute Gasteiger partial charge is 0.354 e. The second kappa shape index (κ2) is 12.5. The van der Waals surface area contributed by atoms with E-state index in [1.54, 1.807) is 49.4 Å². The number of nitrogens with zero attached hydrogens (tertiary/aromatic N) is 2. The number of methoxy groups -OCH3 is 1. The molecule has 1 aromatic carbocycles. The Morgan fingerprint density at radius 3 is 2.26 bits per heavy atom. The summed E-state index contributed by atoms with van der Waals surface area (Å²) in [6, 6.07) is 5.20. The Hall–Kier alpha value is -2.96. The zero-order valence-corrected chi connectivity index (χ0v) is 21.2. The molecule has 1 aromatic heterocycles. The SMILES string of the molecule is CCCCCCCC(=O)N(Cc1ccc(F)cc1)C(C)C(=O)c1c(C)c(C(=O)OC)n(C)c1C. The molecule has 0 aliphatic rings. The number of benzene rings is 1. The highest BCUT2D eigenvalue weighted by Gasteiger charge is 2.32. The molecule has 1 amide bonds. The minimum Gasteiger partial charge on any atom is -0.464 e. The van der Waals surface area contributed by atoms with Crippen LogP contribution in [0.25, 0.3) is 0 Å². The Morgan fingerprint density at radius 1 is 1.06 bits per heavy atom. The second-order valence-electron chi connectivity index (χ2n) is 8.84. The van der Waals surface area contributed by atoms with Crippen LogP contribution in [0, 0.1) is 19.7 Å². The highest BCUT2D eigenvalue weighted by Crippen LogP contribution is 2.25. The molecule has 6 nitrogen and oxygen atoms in total. The average molecular weight is 473 g/mol. The quantitative estimate of drug-likeness (QED) is 0.231. The van der Waals surface area contributed by atoms with Crippen LogP contribution < -0.4 is 0 Å². The van der Waals surface area contributed by atoms with Crippen molar-refractivity contribution < 1.29 is 23.5 Å². The van der Waals surface area contributed by atoms with Gasteiger partial charge in [0, 0.05) is 31.3 Å². The Labute approximate surface area is 202 Å². The molecule has 0 saturated carbocycles. The number of carbonyl (C=O) groups is 3. The van der Waals surface area contributed by atoms with Crippen LogP contribution in [0.15, 0.2) is 24.3 Å². The van der Waals surface area contributed by atoms with Gasteiger partial charge >= 0.3 is 5.97 Å². The van der Waals surface area contributed by atoms with E-state index >= 15 is 0 Å². The summed E-state index contributed by atoms with van der Waals surface area (Å²) in [5, 5.41) is 0. The van der Waals surface area contributed by atoms with Gasteiger partial charge in [-0.1, -0.05) is 44.7 Å². The van der Waals surface area contributed by atoms with E-state index in [9.17, 15) is 18.8 Å². The van der Waals surface area contributed by atoms with Crippen LogP contribution in [-0.4, -0.2) is 40.3 Å². The zero-order chi connectivity index (χ0) is 25.4. The fourth-order valence-corrected chi connectivity index (χ4v) is 4.33. The number of halogens is 1. The molecule has 186 valence electrons. The van der Waals surface area contributed by atoms with Crippen molar-refractivity contribution in [3.05, 3.63) is 58.2 Å². The van der Waals surface area contributed by atoms with E-state index in [1.165, 1.54) is 19.2 Å². The van der Waals surface area contributed by atoms with Crippen LogP contribution in [0.4, 0.5) is 4.39 Å². The Balaban J connectivity index is 2.33. The molecule has 0 radical (unpaired) electrons. The first-order valence-corrected chi connectivity index (χ1v) is 12.0. The third-order valence-electron chi connectivity index (χ3n) is 6.48. The molecule has 2 rings (SSSR count). The number of hydrogen-bond donors (Lipinski definition) is 0. The molecule has 0 bridgehead atoms. The molecule has 0 fully saturated rings. The van der Waals surface area contributed by atoms with Gasteiger partial charge in [0.1, 0.15) is 11.5 Å². The standard InChI is InChI=1S/C27H37FN2O4/c1-7-8-9-10-11-12-23(31)30(17-21-13-15-22(28)16-14-21)20(4)26(32)24-18(2)25(27(33)34-6)29(5)19(24)3/h13-16,20H,7-12,17H2,1-6H3. The van der Waals surface area contributed by atoms with Crippen LogP contribution in [-0.2, 0) is 23.1 Å². The Bertz CT molecular complexity index is 1010. The van der Waals surface area contributed by atoms with E-state index in [2.05, 4.69) is 6.92 Å². The third-order valence-corrected chi connectivity index (χ3v) is 6.48. The van der Waals surface area contributed by atoms with Crippen LogP contribution in [0.1, 0.15) is 90.0 Å². The summed E-state index contributed by atoms with van der Waals surface area (Å²) < 4.78 is 19.9. The molecule has 0 saturated heterocycles. The minimum absolute atomic E-state index is 0.110. The molecule has 0 N–H and O–H groups in total. The van der Waals surface area contributed by atoms with Crippen LogP contribution in [0.5, 0.6) is 0 Å². The van der Waals surface area contributed by atoms with Crippen molar-refractivity contribution in [3.8, 4) is 0 Å². The lowest BCUT2D eigenvalue weighted by Gasteiger charge is -2.29. The summed E-state index contributed by atoms with van der Waals surface area (Å²) in [5.41, 5.74) is 2.68. The molecule has 0 aliphatic carbocycles. The number of ether oxygens (including phenoxy) is 1. The first-order valence-electron chi connectivity index (χ1n) is 12.0. The van der Waals surface area contributed by atoms with Crippen molar-refractivity contribution >= 4 is 17.7 Å². The van der Waals surface area contributed by atoms with Gasteiger partial charge in [0.05, 0.1) is 13.2 Å². The number of Topliss-reactive ketones (excluding diaryl/α,β-unsaturated/α-hetero) is 1. The molecule has 0 spiro atoms. The molecule has 0 aliphatic heterocycles. The fourth-order valence-electron chi connectivity index (χ4n) is 4.33. The van der Waals surface area contributed by atoms with Gasteiger partial charge in [0.25, 0.3) is 0 Å². The Morgan fingerprint density at radius 2 is 1.68 bits per heavy atom. The van der Waals surface area contributed by atoms with E-state index < -0.39 is 12.0 Å². The monoisotopic (exact) mass is 472 g/mol. The van der Waals surface area contributed by atoms with Gasteiger partial charge in [-0.25, -0.2) is 9.18 Å². The van der Waals surface area contributed by atoms with E-state index in [1.807, 2.05) is 0 Å². The molecular formula is C27H37FN2O4. The maximum Gasteiger partial charge on any atom is 0.354 e. The first kappa shape index (κ1) is 27.3. The highest BCUT2D eigenvalue weighted by atomic mass is 19.1. The fraction of sp³-hybridized carbons (Fsp3) is 0.519. The molecular weight excluding hydrogens is 435 g/mol. The Kier molecular flexibility index (Phi) is 10.0. The normalized spacial score (nSPS) is 11.9. The summed E-state index contributed by atoms with van der Waals surface area (Å²) in [4.78, 5) is 40.7. The number of ketones is 1. The zero-order valence-electron chi connectivity index (χ0n) is 21.2. The maximum atomic E-state index is 13.6. The van der Waals surface area contributed by atoms with Gasteiger partial charge in [-0.3, -0.25) is 9.59 Å². The van der Waals surface area contributed by atoms with Gasteiger partial charge in [-0.15, -0.1) is 0 Å². The molecule has 7 heteroatoms. The highest BCUT2D eigenvalue weighted by molar-refractivity contribution is 6.06. The number of amides is 1. The van der Waals surface area contributed by atoms with Crippen LogP contribution in [0.3, 0.4) is 0 Å². The van der Waals surface area contributed by atoms with Gasteiger partial charge < -0.3 is 14.2 Å². The first-order chi connectivity index (χ1) is 16.1. The lowest BCUT2D eigenvalue weighted by Crippen LogP contribution is -2.43. The van der Waals surface area contributed by atoms with E-state index in [-0.39, 0.29) is 24.1 Å². The predicted octanol–water partition coefficient (Wildman–Crippen LogP) is 5.53. The number of rotatable bonds is 12. The van der Waals surface area contributed by atoms with E-state index in [0.29, 0.717) is 28.9 Å². The van der Waals surface area contributed by atoms with Gasteiger partial charge in [-0.2, -0.15) is 0 Å². The molecule has 1 unspecified atom stereocenters. The summed E-state index contributed by atoms with van der Waals surface area (Å²) in [5.74, 6) is -1.21. The number of aromatic nitrogens is 1. The van der Waals surface area contributed by atoms with Crippen molar-refractivity contribution in [2.24, 2.45) is 7.05 Å². The van der Waals surface area contributed by atoms with E-state index in [4.69, 9.17) is 4.74 Å². The molecule has 1 atom stereocenters. The molecule has 1 heterocycles. The lowest BCUT2D eigenvalue weighted by atomic mass is 9.98. The second-order valence-corrected chi connectivity index (χ2v) is 8.84. The number of carbonyl (C=O) groups excluding carboxylic acids is 3. The molecule has 34 heavy (non-hydrogen) atoms. The van der Waals surface area contributed by atoms with Gasteiger partial charge in [0.2, 0.25) is 5.91 Å². The number of esters is 1. The molecule has 2 aromatic rings. The minimum atomic E-state index is -0.751. The number of unbranched alkanes of at least 4 members (excludes halogenated alkanes) is 4. The maximum absolute atomic E-state index is 13.6. The lowest BCUT2D eigenvalue weighted by molar-refractivity contribution is -0.133. The number of hydrogen-bond acceptors (Lipinski definition) is 4. The predicted molar refractivity (Wildman–Crippen MR) is 130 cm³/mol. The average Bonchev–Trinajstić information content (AvgIpc) is 3.04. The van der Waals surface area contributed by atoms with Crippen molar-refractivity contribution in [1.29, 1.82) is 0 Å². The summed E-state index contributed by atoms with van der Waals surface area (Å²) in [6.45, 7) is 7.56. The largest absolute Gasteiger partial charge is 0.464 e. The topological polar surface area (TPSA) is 68.6 Å². The van der Waals surface area contributed by atoms with Crippen molar-refractivity contribution in [2.75, 3.05) is 7.11 Å². The van der Waals surface area contributed by atoms with E-state index in [0.717, 1.165) is 37.7 Å².